The third-order valence-corrected chi connectivity index (χ3v) is 14.8. The van der Waals surface area contributed by atoms with Gasteiger partial charge in [-0.1, -0.05) is 45.9 Å². The Hall–Kier alpha value is -3.56. The minimum absolute atomic E-state index is 0.0676. The highest BCUT2D eigenvalue weighted by Crippen LogP contribution is 2.66. The summed E-state index contributed by atoms with van der Waals surface area (Å²) in [5.74, 6) is 3.00. The van der Waals surface area contributed by atoms with Crippen molar-refractivity contribution in [3.63, 3.8) is 0 Å². The molecule has 8 aliphatic carbocycles. The molecule has 13 rings (SSSR count). The van der Waals surface area contributed by atoms with Crippen molar-refractivity contribution in [2.75, 3.05) is 0 Å². The molecule has 0 radical (unpaired) electrons. The van der Waals surface area contributed by atoms with Crippen LogP contribution >= 0.6 is 0 Å². The Morgan fingerprint density at radius 1 is 0.578 bits per heavy atom. The number of aromatic nitrogens is 1. The Morgan fingerprint density at radius 2 is 0.933 bits per heavy atom. The number of hydrogen-bond donors (Lipinski definition) is 0. The van der Waals surface area contributed by atoms with Crippen LogP contribution in [0.3, 0.4) is 0 Å². The lowest BCUT2D eigenvalue weighted by Crippen LogP contribution is -2.39. The molecule has 0 spiro atoms. The minimum Gasteiger partial charge on any atom is -0.308 e. The minimum atomic E-state index is 0.0676. The van der Waals surface area contributed by atoms with Gasteiger partial charge in [0.15, 0.2) is 0 Å². The van der Waals surface area contributed by atoms with Gasteiger partial charge < -0.3 is 4.40 Å². The average Bonchev–Trinajstić information content (AvgIpc) is 3.41. The molecule has 3 nitrogen and oxygen atoms in total. The van der Waals surface area contributed by atoms with Gasteiger partial charge >= 0.3 is 0 Å². The van der Waals surface area contributed by atoms with Crippen molar-refractivity contribution in [2.24, 2.45) is 23.7 Å². The van der Waals surface area contributed by atoms with Gasteiger partial charge in [0.25, 0.3) is 0 Å². The van der Waals surface area contributed by atoms with Crippen molar-refractivity contribution < 1.29 is 0 Å². The van der Waals surface area contributed by atoms with Gasteiger partial charge in [0.2, 0.25) is 0 Å². The summed E-state index contributed by atoms with van der Waals surface area (Å²) in [6.07, 6.45) is 12.6. The van der Waals surface area contributed by atoms with E-state index in [1.165, 1.54) is 125 Å². The Labute approximate surface area is 265 Å². The van der Waals surface area contributed by atoms with Crippen LogP contribution in [0.15, 0.2) is 30.3 Å². The molecule has 4 fully saturated rings. The third kappa shape index (κ3) is 2.79. The maximum absolute atomic E-state index is 10.9. The number of para-hydroxylation sites is 1. The first kappa shape index (κ1) is 25.6. The lowest BCUT2D eigenvalue weighted by molar-refractivity contribution is 0.0899. The summed E-state index contributed by atoms with van der Waals surface area (Å²) >= 11 is 0. The molecule has 0 saturated heterocycles. The number of nitriles is 2. The van der Waals surface area contributed by atoms with Crippen LogP contribution in [0.1, 0.15) is 125 Å². The van der Waals surface area contributed by atoms with Crippen LogP contribution in [-0.4, -0.2) is 4.40 Å². The fraction of sp³-hybridized carbons (Fsp3) is 0.524. The van der Waals surface area contributed by atoms with Crippen LogP contribution in [-0.2, 0) is 21.7 Å². The van der Waals surface area contributed by atoms with E-state index < -0.39 is 0 Å². The van der Waals surface area contributed by atoms with Gasteiger partial charge in [0, 0.05) is 21.5 Å². The average molecular weight is 588 g/mol. The van der Waals surface area contributed by atoms with E-state index in [9.17, 15) is 10.5 Å². The SMILES string of the molecule is CC12CC3CC(C1)CC(C)(C3)c1c2c(C#N)cc2c1c1cccc3c4c5c(c(C#N)cc4n2c13)C1(C)CC2CC(C1)CC5(C)C2. The third-order valence-electron chi connectivity index (χ3n) is 14.8. The lowest BCUT2D eigenvalue weighted by atomic mass is 9.58. The largest absolute Gasteiger partial charge is 0.308 e. The fourth-order valence-electron chi connectivity index (χ4n) is 14.6. The van der Waals surface area contributed by atoms with Crippen LogP contribution in [0.5, 0.6) is 0 Å². The summed E-state index contributed by atoms with van der Waals surface area (Å²) in [7, 11) is 0. The molecule has 0 aliphatic heterocycles. The second-order valence-corrected chi connectivity index (χ2v) is 18.2. The van der Waals surface area contributed by atoms with E-state index >= 15 is 0 Å². The fourth-order valence-corrected chi connectivity index (χ4v) is 14.6. The van der Waals surface area contributed by atoms with Crippen LogP contribution in [0, 0.1) is 46.3 Å². The van der Waals surface area contributed by atoms with Gasteiger partial charge in [-0.2, -0.15) is 10.5 Å². The van der Waals surface area contributed by atoms with Gasteiger partial charge in [0.1, 0.15) is 0 Å². The summed E-state index contributed by atoms with van der Waals surface area (Å²) in [5, 5.41) is 27.2. The zero-order valence-corrected chi connectivity index (χ0v) is 27.1. The van der Waals surface area contributed by atoms with Gasteiger partial charge in [-0.05, 0) is 144 Å². The molecule has 224 valence electrons. The molecular weight excluding hydrogens is 546 g/mol. The molecule has 2 heterocycles. The van der Waals surface area contributed by atoms with Gasteiger partial charge in [-0.15, -0.1) is 0 Å². The second kappa shape index (κ2) is 7.52. The monoisotopic (exact) mass is 587 g/mol. The maximum Gasteiger partial charge on any atom is 0.0995 e. The summed E-state index contributed by atoms with van der Waals surface area (Å²) in [4.78, 5) is 0. The number of nitrogens with zero attached hydrogens (tertiary/aromatic N) is 3. The van der Waals surface area contributed by atoms with E-state index in [-0.39, 0.29) is 21.7 Å². The zero-order chi connectivity index (χ0) is 30.4. The van der Waals surface area contributed by atoms with E-state index in [2.05, 4.69) is 74.6 Å². The zero-order valence-electron chi connectivity index (χ0n) is 27.1. The topological polar surface area (TPSA) is 52.0 Å². The predicted molar refractivity (Wildman–Crippen MR) is 180 cm³/mol. The van der Waals surface area contributed by atoms with Crippen molar-refractivity contribution in [1.82, 2.24) is 4.40 Å². The highest BCUT2D eigenvalue weighted by atomic mass is 14.9. The molecule has 4 saturated carbocycles. The van der Waals surface area contributed by atoms with Crippen LogP contribution in [0.2, 0.25) is 0 Å². The van der Waals surface area contributed by atoms with Gasteiger partial charge in [-0.3, -0.25) is 0 Å². The summed E-state index contributed by atoms with van der Waals surface area (Å²) in [6.45, 7) is 10.0. The van der Waals surface area contributed by atoms with E-state index in [0.29, 0.717) is 0 Å². The number of benzene rings is 3. The van der Waals surface area contributed by atoms with Crippen molar-refractivity contribution in [3.05, 3.63) is 63.7 Å². The standard InChI is InChI=1S/C42H41N3/c1-39-12-22-8-23(13-39)17-41(3,16-22)36-32-28-6-5-7-29-33-31(45(38(28)29)30(32)10-26(20-43)34(36)39)11-27(21-44)35-37(33)42(4)18-24-9-25(19-42)15-40(35,2)14-24/h5-7,10-11,22-25H,8-9,12-19H2,1-4H3. The molecule has 45 heavy (non-hydrogen) atoms. The van der Waals surface area contributed by atoms with Crippen LogP contribution in [0.4, 0.5) is 0 Å². The smallest absolute Gasteiger partial charge is 0.0995 e. The Bertz CT molecular complexity index is 2120. The predicted octanol–water partition coefficient (Wildman–Crippen LogP) is 10.1. The van der Waals surface area contributed by atoms with E-state index in [1.54, 1.807) is 0 Å². The highest BCUT2D eigenvalue weighted by Gasteiger charge is 2.56. The quantitative estimate of drug-likeness (QED) is 0.181. The van der Waals surface area contributed by atoms with Crippen molar-refractivity contribution in [2.45, 2.75) is 114 Å². The molecule has 5 aromatic rings. The molecule has 2 aromatic heterocycles. The number of rotatable bonds is 0. The van der Waals surface area contributed by atoms with Crippen molar-refractivity contribution >= 4 is 38.1 Å². The molecule has 0 N–H and O–H groups in total. The molecule has 3 aromatic carbocycles. The lowest BCUT2D eigenvalue weighted by Gasteiger charge is -2.46. The van der Waals surface area contributed by atoms with Crippen LogP contribution in [0.25, 0.3) is 38.1 Å². The Kier molecular flexibility index (Phi) is 4.28. The Balaban J connectivity index is 1.36. The number of fused-ring (bicyclic) bond motifs is 6. The van der Waals surface area contributed by atoms with Crippen LogP contribution < -0.4 is 0 Å². The van der Waals surface area contributed by atoms with Crippen molar-refractivity contribution in [1.29, 1.82) is 10.5 Å². The van der Waals surface area contributed by atoms with E-state index in [1.807, 2.05) is 0 Å². The first-order valence-electron chi connectivity index (χ1n) is 17.7. The summed E-state index contributed by atoms with van der Waals surface area (Å²) in [5.41, 5.74) is 11.6. The molecule has 3 heteroatoms. The normalized spacial score (nSPS) is 39.0. The molecular formula is C42H41N3. The van der Waals surface area contributed by atoms with E-state index in [4.69, 9.17) is 0 Å². The summed E-state index contributed by atoms with van der Waals surface area (Å²) in [6, 6.07) is 17.1. The molecule has 4 atom stereocenters. The maximum atomic E-state index is 10.9. The first-order chi connectivity index (χ1) is 21.6. The van der Waals surface area contributed by atoms with Gasteiger partial charge in [0.05, 0.1) is 39.8 Å². The highest BCUT2D eigenvalue weighted by molar-refractivity contribution is 6.25. The molecule has 4 unspecified atom stereocenters. The van der Waals surface area contributed by atoms with Gasteiger partial charge in [-0.25, -0.2) is 0 Å². The molecule has 8 bridgehead atoms. The number of hydrogen-bond acceptors (Lipinski definition) is 2. The summed E-state index contributed by atoms with van der Waals surface area (Å²) < 4.78 is 2.51. The Morgan fingerprint density at radius 3 is 1.29 bits per heavy atom. The van der Waals surface area contributed by atoms with Crippen molar-refractivity contribution in [3.8, 4) is 12.1 Å². The molecule has 0 amide bonds. The second-order valence-electron chi connectivity index (χ2n) is 18.2. The van der Waals surface area contributed by atoms with E-state index in [0.717, 1.165) is 34.8 Å². The molecule has 8 aliphatic rings. The first-order valence-corrected chi connectivity index (χ1v) is 17.7.